The van der Waals surface area contributed by atoms with Gasteiger partial charge in [0.1, 0.15) is 5.75 Å². The van der Waals surface area contributed by atoms with Crippen LogP contribution in [-0.2, 0) is 0 Å². The Kier molecular flexibility index (Phi) is 3.65. The molecule has 0 aliphatic heterocycles. The average Bonchev–Trinajstić information content (AvgIpc) is 2.46. The second kappa shape index (κ2) is 5.40. The molecule has 0 bridgehead atoms. The Morgan fingerprint density at radius 3 is 2.55 bits per heavy atom. The van der Waals surface area contributed by atoms with Crippen LogP contribution >= 0.6 is 0 Å². The molecule has 0 saturated carbocycles. The predicted molar refractivity (Wildman–Crippen MR) is 72.0 cm³/mol. The Hall–Kier alpha value is -2.89. The zero-order valence-corrected chi connectivity index (χ0v) is 10.6. The fourth-order valence-electron chi connectivity index (χ4n) is 1.81. The summed E-state index contributed by atoms with van der Waals surface area (Å²) in [6.45, 7) is 0. The van der Waals surface area contributed by atoms with Gasteiger partial charge in [0.05, 0.1) is 17.6 Å². The SMILES string of the molecule is COc1cccc(-c2cc(C(=O)O)cc([N+](=O)[O-])c2)c1. The summed E-state index contributed by atoms with van der Waals surface area (Å²) in [6, 6.07) is 10.6. The van der Waals surface area contributed by atoms with Crippen molar-refractivity contribution in [1.29, 1.82) is 0 Å². The molecule has 0 aliphatic rings. The highest BCUT2D eigenvalue weighted by molar-refractivity contribution is 5.90. The van der Waals surface area contributed by atoms with E-state index in [0.29, 0.717) is 16.9 Å². The van der Waals surface area contributed by atoms with Crippen LogP contribution < -0.4 is 4.74 Å². The molecule has 0 radical (unpaired) electrons. The maximum atomic E-state index is 11.0. The lowest BCUT2D eigenvalue weighted by atomic mass is 10.0. The molecule has 0 unspecified atom stereocenters. The van der Waals surface area contributed by atoms with Crippen LogP contribution in [0.15, 0.2) is 42.5 Å². The summed E-state index contributed by atoms with van der Waals surface area (Å²) in [5.41, 5.74) is 0.714. The first-order valence-corrected chi connectivity index (χ1v) is 5.68. The number of nitrogens with zero attached hydrogens (tertiary/aromatic N) is 1. The molecule has 6 nitrogen and oxygen atoms in total. The van der Waals surface area contributed by atoms with Gasteiger partial charge in [-0.1, -0.05) is 12.1 Å². The Morgan fingerprint density at radius 1 is 1.20 bits per heavy atom. The van der Waals surface area contributed by atoms with Gasteiger partial charge < -0.3 is 9.84 Å². The van der Waals surface area contributed by atoms with Crippen molar-refractivity contribution in [2.45, 2.75) is 0 Å². The predicted octanol–water partition coefficient (Wildman–Crippen LogP) is 2.97. The molecule has 2 aromatic rings. The zero-order chi connectivity index (χ0) is 14.7. The van der Waals surface area contributed by atoms with Crippen molar-refractivity contribution in [2.24, 2.45) is 0 Å². The van der Waals surface area contributed by atoms with E-state index < -0.39 is 10.9 Å². The smallest absolute Gasteiger partial charge is 0.335 e. The van der Waals surface area contributed by atoms with E-state index in [0.717, 1.165) is 6.07 Å². The van der Waals surface area contributed by atoms with Crippen LogP contribution in [0.5, 0.6) is 5.75 Å². The van der Waals surface area contributed by atoms with Gasteiger partial charge >= 0.3 is 5.97 Å². The molecule has 0 spiro atoms. The number of hydrogen-bond donors (Lipinski definition) is 1. The average molecular weight is 273 g/mol. The van der Waals surface area contributed by atoms with Crippen LogP contribution in [0.4, 0.5) is 5.69 Å². The summed E-state index contributed by atoms with van der Waals surface area (Å²) in [6.07, 6.45) is 0. The highest BCUT2D eigenvalue weighted by Gasteiger charge is 2.14. The standard InChI is InChI=1S/C14H11NO5/c1-20-13-4-2-3-9(8-13)10-5-11(14(16)17)7-12(6-10)15(18)19/h2-8H,1H3,(H,16,17). The lowest BCUT2D eigenvalue weighted by Crippen LogP contribution is -1.99. The van der Waals surface area contributed by atoms with Crippen molar-refractivity contribution >= 4 is 11.7 Å². The zero-order valence-electron chi connectivity index (χ0n) is 10.6. The van der Waals surface area contributed by atoms with Gasteiger partial charge in [0.2, 0.25) is 0 Å². The minimum atomic E-state index is -1.21. The summed E-state index contributed by atoms with van der Waals surface area (Å²) in [4.78, 5) is 21.3. The number of rotatable bonds is 4. The number of non-ortho nitro benzene ring substituents is 1. The van der Waals surface area contributed by atoms with Crippen LogP contribution in [0.2, 0.25) is 0 Å². The van der Waals surface area contributed by atoms with Gasteiger partial charge in [0, 0.05) is 12.1 Å². The molecule has 1 N–H and O–H groups in total. The molecule has 0 amide bonds. The number of carboxylic acids is 1. The molecule has 0 aliphatic carbocycles. The minimum Gasteiger partial charge on any atom is -0.497 e. The van der Waals surface area contributed by atoms with E-state index in [9.17, 15) is 14.9 Å². The molecule has 0 heterocycles. The monoisotopic (exact) mass is 273 g/mol. The number of carbonyl (C=O) groups is 1. The van der Waals surface area contributed by atoms with Gasteiger partial charge in [-0.05, 0) is 29.3 Å². The highest BCUT2D eigenvalue weighted by atomic mass is 16.6. The van der Waals surface area contributed by atoms with Crippen LogP contribution in [0.25, 0.3) is 11.1 Å². The number of methoxy groups -OCH3 is 1. The van der Waals surface area contributed by atoms with Crippen molar-refractivity contribution in [2.75, 3.05) is 7.11 Å². The van der Waals surface area contributed by atoms with Gasteiger partial charge in [0.25, 0.3) is 5.69 Å². The van der Waals surface area contributed by atoms with Gasteiger partial charge in [-0.15, -0.1) is 0 Å². The largest absolute Gasteiger partial charge is 0.497 e. The molecule has 0 aromatic heterocycles. The summed E-state index contributed by atoms with van der Waals surface area (Å²) >= 11 is 0. The second-order valence-electron chi connectivity index (χ2n) is 4.06. The Balaban J connectivity index is 2.60. The minimum absolute atomic E-state index is 0.128. The van der Waals surface area contributed by atoms with E-state index in [1.54, 1.807) is 24.3 Å². The number of ether oxygens (including phenoxy) is 1. The van der Waals surface area contributed by atoms with E-state index >= 15 is 0 Å². The van der Waals surface area contributed by atoms with Gasteiger partial charge in [-0.25, -0.2) is 4.79 Å². The summed E-state index contributed by atoms with van der Waals surface area (Å²) < 4.78 is 5.08. The maximum Gasteiger partial charge on any atom is 0.335 e. The fourth-order valence-corrected chi connectivity index (χ4v) is 1.81. The topological polar surface area (TPSA) is 89.7 Å². The van der Waals surface area contributed by atoms with E-state index in [2.05, 4.69) is 0 Å². The van der Waals surface area contributed by atoms with Crippen molar-refractivity contribution in [3.63, 3.8) is 0 Å². The lowest BCUT2D eigenvalue weighted by molar-refractivity contribution is -0.384. The Bertz CT molecular complexity index is 649. The van der Waals surface area contributed by atoms with Gasteiger partial charge in [-0.3, -0.25) is 10.1 Å². The molecule has 102 valence electrons. The molecule has 0 atom stereocenters. The number of aromatic carboxylic acids is 1. The van der Waals surface area contributed by atoms with E-state index in [1.165, 1.54) is 19.2 Å². The third kappa shape index (κ3) is 2.74. The third-order valence-electron chi connectivity index (χ3n) is 2.78. The Morgan fingerprint density at radius 2 is 1.95 bits per heavy atom. The number of hydrogen-bond acceptors (Lipinski definition) is 4. The van der Waals surface area contributed by atoms with Crippen molar-refractivity contribution in [3.05, 3.63) is 58.1 Å². The van der Waals surface area contributed by atoms with Crippen LogP contribution in [0, 0.1) is 10.1 Å². The maximum absolute atomic E-state index is 11.0. The molecule has 20 heavy (non-hydrogen) atoms. The fraction of sp³-hybridized carbons (Fsp3) is 0.0714. The van der Waals surface area contributed by atoms with Crippen LogP contribution in [-0.4, -0.2) is 23.1 Å². The molecular formula is C14H11NO5. The number of nitro groups is 1. The van der Waals surface area contributed by atoms with Crippen LogP contribution in [0.1, 0.15) is 10.4 Å². The Labute approximate surface area is 114 Å². The number of benzene rings is 2. The number of carboxylic acid groups (broad SMARTS) is 1. The molecule has 2 rings (SSSR count). The van der Waals surface area contributed by atoms with Crippen LogP contribution in [0.3, 0.4) is 0 Å². The summed E-state index contributed by atoms with van der Waals surface area (Å²) in [7, 11) is 1.51. The van der Waals surface area contributed by atoms with Gasteiger partial charge in [-0.2, -0.15) is 0 Å². The van der Waals surface area contributed by atoms with Crippen molar-refractivity contribution in [3.8, 4) is 16.9 Å². The first kappa shape index (κ1) is 13.5. The molecule has 0 fully saturated rings. The quantitative estimate of drug-likeness (QED) is 0.683. The first-order chi connectivity index (χ1) is 9.51. The molecule has 6 heteroatoms. The number of nitro benzene ring substituents is 1. The first-order valence-electron chi connectivity index (χ1n) is 5.68. The summed E-state index contributed by atoms with van der Waals surface area (Å²) in [5, 5.41) is 19.9. The van der Waals surface area contributed by atoms with E-state index in [-0.39, 0.29) is 11.3 Å². The molecule has 2 aromatic carbocycles. The van der Waals surface area contributed by atoms with E-state index in [4.69, 9.17) is 9.84 Å². The van der Waals surface area contributed by atoms with E-state index in [1.807, 2.05) is 0 Å². The third-order valence-corrected chi connectivity index (χ3v) is 2.78. The highest BCUT2D eigenvalue weighted by Crippen LogP contribution is 2.28. The van der Waals surface area contributed by atoms with Crippen molar-refractivity contribution < 1.29 is 19.6 Å². The normalized spacial score (nSPS) is 10.1. The second-order valence-corrected chi connectivity index (χ2v) is 4.06. The molecule has 0 saturated heterocycles. The molecular weight excluding hydrogens is 262 g/mol. The van der Waals surface area contributed by atoms with Crippen molar-refractivity contribution in [1.82, 2.24) is 0 Å². The summed E-state index contributed by atoms with van der Waals surface area (Å²) in [5.74, 6) is -0.622. The lowest BCUT2D eigenvalue weighted by Gasteiger charge is -2.06. The van der Waals surface area contributed by atoms with Gasteiger partial charge in [0.15, 0.2) is 0 Å².